The van der Waals surface area contributed by atoms with Crippen LogP contribution in [0.3, 0.4) is 0 Å². The number of rotatable bonds is 6. The van der Waals surface area contributed by atoms with Crippen LogP contribution in [0.5, 0.6) is 0 Å². The van der Waals surface area contributed by atoms with E-state index in [0.29, 0.717) is 0 Å². The molecular formula is C65H40N2S2. The summed E-state index contributed by atoms with van der Waals surface area (Å²) in [7, 11) is 0. The Morgan fingerprint density at radius 2 is 0.681 bits per heavy atom. The van der Waals surface area contributed by atoms with Gasteiger partial charge in [-0.2, -0.15) is 0 Å². The Bertz CT molecular complexity index is 4180. The average Bonchev–Trinajstić information content (AvgIpc) is 4.14. The highest BCUT2D eigenvalue weighted by Gasteiger charge is 2.52. The summed E-state index contributed by atoms with van der Waals surface area (Å²) >= 11 is 3.72. The highest BCUT2D eigenvalue weighted by molar-refractivity contribution is 7.26. The van der Waals surface area contributed by atoms with E-state index in [1.807, 2.05) is 22.7 Å². The number of thiophene rings is 2. The molecule has 0 atom stereocenters. The lowest BCUT2D eigenvalue weighted by molar-refractivity contribution is 0.795. The third-order valence-corrected chi connectivity index (χ3v) is 17.1. The summed E-state index contributed by atoms with van der Waals surface area (Å²) in [5, 5.41) is 7.61. The third-order valence-electron chi connectivity index (χ3n) is 14.8. The Labute approximate surface area is 407 Å². The van der Waals surface area contributed by atoms with E-state index in [0.717, 1.165) is 34.1 Å². The number of hydrogen-bond acceptors (Lipinski definition) is 4. The number of nitrogens with zero attached hydrogens (tertiary/aromatic N) is 2. The smallest absolute Gasteiger partial charge is 0.0726 e. The molecule has 4 heteroatoms. The van der Waals surface area contributed by atoms with Gasteiger partial charge in [-0.1, -0.05) is 133 Å². The minimum Gasteiger partial charge on any atom is -0.310 e. The number of hydrogen-bond donors (Lipinski definition) is 0. The molecule has 0 amide bonds. The van der Waals surface area contributed by atoms with E-state index in [1.54, 1.807) is 0 Å². The van der Waals surface area contributed by atoms with Gasteiger partial charge in [0.15, 0.2) is 0 Å². The summed E-state index contributed by atoms with van der Waals surface area (Å²) in [6.45, 7) is 0. The molecule has 0 bridgehead atoms. The number of anilines is 6. The molecule has 0 radical (unpaired) electrons. The molecule has 13 aromatic rings. The molecule has 2 nitrogen and oxygen atoms in total. The number of benzene rings is 11. The molecule has 0 saturated heterocycles. The van der Waals surface area contributed by atoms with Gasteiger partial charge in [-0.3, -0.25) is 0 Å². The molecule has 0 unspecified atom stereocenters. The first-order valence-electron chi connectivity index (χ1n) is 23.6. The van der Waals surface area contributed by atoms with Gasteiger partial charge in [-0.15, -0.1) is 22.7 Å². The highest BCUT2D eigenvalue weighted by Crippen LogP contribution is 2.64. The summed E-state index contributed by atoms with van der Waals surface area (Å²) in [5.74, 6) is 0. The first-order chi connectivity index (χ1) is 34.2. The van der Waals surface area contributed by atoms with Gasteiger partial charge in [-0.05, 0) is 164 Å². The van der Waals surface area contributed by atoms with Crippen LogP contribution in [0.4, 0.5) is 34.1 Å². The molecular weight excluding hydrogens is 873 g/mol. The third kappa shape index (κ3) is 5.65. The Balaban J connectivity index is 0.953. The molecule has 11 aromatic carbocycles. The molecule has 69 heavy (non-hydrogen) atoms. The summed E-state index contributed by atoms with van der Waals surface area (Å²) in [6, 6.07) is 90.8. The SMILES string of the molecule is c1ccc(N(c2ccc3c(c2)C2(c4ccccc4-c4ccccc42)c2cc4cc(N(c5ccccc5)c5ccc6sc7ccccc7c6c5)ccc4cc2-3)c2ccc3sc4ccccc4c3c2)cc1. The van der Waals surface area contributed by atoms with Crippen molar-refractivity contribution >= 4 is 108 Å². The van der Waals surface area contributed by atoms with E-state index in [1.165, 1.54) is 95.6 Å². The van der Waals surface area contributed by atoms with Gasteiger partial charge >= 0.3 is 0 Å². The Kier molecular flexibility index (Phi) is 8.35. The fourth-order valence-electron chi connectivity index (χ4n) is 11.9. The van der Waals surface area contributed by atoms with Gasteiger partial charge in [0.25, 0.3) is 0 Å². The molecule has 0 aliphatic heterocycles. The van der Waals surface area contributed by atoms with Crippen molar-refractivity contribution in [1.82, 2.24) is 0 Å². The zero-order chi connectivity index (χ0) is 45.2. The summed E-state index contributed by atoms with van der Waals surface area (Å²) in [4.78, 5) is 4.87. The first-order valence-corrected chi connectivity index (χ1v) is 25.3. The average molecular weight is 913 g/mol. The van der Waals surface area contributed by atoms with Crippen molar-refractivity contribution in [3.05, 3.63) is 265 Å². The molecule has 2 aliphatic carbocycles. The van der Waals surface area contributed by atoms with Crippen molar-refractivity contribution in [1.29, 1.82) is 0 Å². The van der Waals surface area contributed by atoms with Crippen molar-refractivity contribution < 1.29 is 0 Å². The van der Waals surface area contributed by atoms with Gasteiger partial charge in [0.05, 0.1) is 5.41 Å². The quantitative estimate of drug-likeness (QED) is 0.164. The van der Waals surface area contributed by atoms with Gasteiger partial charge in [0.2, 0.25) is 0 Å². The van der Waals surface area contributed by atoms with Crippen molar-refractivity contribution in [3.63, 3.8) is 0 Å². The predicted molar refractivity (Wildman–Crippen MR) is 295 cm³/mol. The molecule has 2 heterocycles. The second-order valence-corrected chi connectivity index (χ2v) is 20.6. The molecule has 2 aliphatic rings. The standard InChI is InChI=1S/C65H40N2S2/c1-3-15-43(16-4-1)66(46-30-33-63-55(38-46)52-21-9-13-25-61(52)68-63)45-28-27-41-36-54-51-32-29-48(67(44-17-5-2-6-18-44)47-31-34-64-56(39-47)53-22-10-14-26-62(53)69-64)40-60(51)65(59(54)37-42(41)35-45)57-23-11-7-19-49(57)50-20-8-12-24-58(50)65/h1-40H. The maximum atomic E-state index is 2.52. The monoisotopic (exact) mass is 912 g/mol. The second kappa shape index (κ2) is 14.9. The summed E-state index contributed by atoms with van der Waals surface area (Å²) < 4.78 is 5.23. The van der Waals surface area contributed by atoms with Crippen LogP contribution in [0.15, 0.2) is 243 Å². The van der Waals surface area contributed by atoms with Crippen molar-refractivity contribution in [2.45, 2.75) is 5.41 Å². The van der Waals surface area contributed by atoms with E-state index >= 15 is 0 Å². The zero-order valence-corrected chi connectivity index (χ0v) is 38.9. The first kappa shape index (κ1) is 38.8. The second-order valence-electron chi connectivity index (χ2n) is 18.4. The largest absolute Gasteiger partial charge is 0.310 e. The lowest BCUT2D eigenvalue weighted by Crippen LogP contribution is -2.26. The molecule has 2 aromatic heterocycles. The summed E-state index contributed by atoms with van der Waals surface area (Å²) in [5.41, 5.74) is 16.7. The Hall–Kier alpha value is -8.28. The van der Waals surface area contributed by atoms with E-state index in [-0.39, 0.29) is 0 Å². The molecule has 0 N–H and O–H groups in total. The van der Waals surface area contributed by atoms with Crippen LogP contribution >= 0.6 is 22.7 Å². The predicted octanol–water partition coefficient (Wildman–Crippen LogP) is 18.9. The summed E-state index contributed by atoms with van der Waals surface area (Å²) in [6.07, 6.45) is 0. The Morgan fingerprint density at radius 3 is 1.28 bits per heavy atom. The van der Waals surface area contributed by atoms with Crippen LogP contribution in [0.25, 0.3) is 73.4 Å². The maximum Gasteiger partial charge on any atom is 0.0726 e. The molecule has 0 fully saturated rings. The van der Waals surface area contributed by atoms with Gasteiger partial charge < -0.3 is 9.80 Å². The van der Waals surface area contributed by atoms with Crippen LogP contribution < -0.4 is 9.80 Å². The molecule has 0 saturated carbocycles. The lowest BCUT2D eigenvalue weighted by atomic mass is 9.70. The van der Waals surface area contributed by atoms with Gasteiger partial charge in [-0.25, -0.2) is 0 Å². The maximum absolute atomic E-state index is 2.52. The Morgan fingerprint density at radius 1 is 0.246 bits per heavy atom. The van der Waals surface area contributed by atoms with Crippen LogP contribution in [-0.4, -0.2) is 0 Å². The van der Waals surface area contributed by atoms with Gasteiger partial charge in [0.1, 0.15) is 0 Å². The van der Waals surface area contributed by atoms with E-state index in [2.05, 4.69) is 252 Å². The number of fused-ring (bicyclic) bond motifs is 17. The van der Waals surface area contributed by atoms with Crippen molar-refractivity contribution in [2.24, 2.45) is 0 Å². The fraction of sp³-hybridized carbons (Fsp3) is 0.0154. The normalized spacial score (nSPS) is 13.0. The van der Waals surface area contributed by atoms with E-state index in [9.17, 15) is 0 Å². The lowest BCUT2D eigenvalue weighted by Gasteiger charge is -2.32. The van der Waals surface area contributed by atoms with Crippen LogP contribution in [-0.2, 0) is 5.41 Å². The van der Waals surface area contributed by atoms with Gasteiger partial charge in [0, 0.05) is 74.5 Å². The minimum atomic E-state index is -0.544. The molecule has 1 spiro atoms. The minimum absolute atomic E-state index is 0.544. The van der Waals surface area contributed by atoms with Crippen LogP contribution in [0.1, 0.15) is 22.3 Å². The van der Waals surface area contributed by atoms with Crippen molar-refractivity contribution in [2.75, 3.05) is 9.80 Å². The topological polar surface area (TPSA) is 6.48 Å². The number of para-hydroxylation sites is 2. The van der Waals surface area contributed by atoms with E-state index < -0.39 is 5.41 Å². The molecule has 15 rings (SSSR count). The molecule has 322 valence electrons. The van der Waals surface area contributed by atoms with E-state index in [4.69, 9.17) is 0 Å². The van der Waals surface area contributed by atoms with Crippen molar-refractivity contribution in [3.8, 4) is 22.3 Å². The zero-order valence-electron chi connectivity index (χ0n) is 37.3. The highest BCUT2D eigenvalue weighted by atomic mass is 32.1. The van der Waals surface area contributed by atoms with Crippen LogP contribution in [0.2, 0.25) is 0 Å². The fourth-order valence-corrected chi connectivity index (χ4v) is 14.1. The van der Waals surface area contributed by atoms with Crippen LogP contribution in [0, 0.1) is 0 Å².